The standard InChI is InChI=1S/2C14H29Si.Zn/c2*1-6-14(3)12-10-8-9-11-13-15(4,5)7-2;/h2*7,14H,2-3,6,8-13H2,1,4-5H3;/q2*-1;+2. The molecule has 0 amide bonds. The van der Waals surface area contributed by atoms with E-state index in [0.717, 1.165) is 0 Å². The monoisotopic (exact) mass is 514 g/mol. The third kappa shape index (κ3) is 26.7. The van der Waals surface area contributed by atoms with Crippen LogP contribution in [0.25, 0.3) is 0 Å². The Morgan fingerprint density at radius 1 is 0.613 bits per heavy atom. The van der Waals surface area contributed by atoms with Gasteiger partial charge in [-0.2, -0.15) is 11.8 Å². The molecule has 0 radical (unpaired) electrons. The van der Waals surface area contributed by atoms with Gasteiger partial charge in [-0.1, -0.05) is 129 Å². The van der Waals surface area contributed by atoms with E-state index in [1.54, 1.807) is 0 Å². The summed E-state index contributed by atoms with van der Waals surface area (Å²) >= 11 is 0. The largest absolute Gasteiger partial charge is 2.00 e. The Hall–Kier alpha value is 0.537. The Bertz CT molecular complexity index is 366. The molecule has 31 heavy (non-hydrogen) atoms. The zero-order valence-electron chi connectivity index (χ0n) is 22.7. The first-order chi connectivity index (χ1) is 14.0. The summed E-state index contributed by atoms with van der Waals surface area (Å²) in [6, 6.07) is 2.83. The topological polar surface area (TPSA) is 0 Å². The summed E-state index contributed by atoms with van der Waals surface area (Å²) in [7, 11) is -2.03. The molecule has 0 fully saturated rings. The van der Waals surface area contributed by atoms with Gasteiger partial charge in [0.2, 0.25) is 0 Å². The fourth-order valence-corrected chi connectivity index (χ4v) is 6.08. The molecule has 2 atom stereocenters. The molecule has 0 saturated carbocycles. The van der Waals surface area contributed by atoms with Crippen LogP contribution in [0.3, 0.4) is 0 Å². The van der Waals surface area contributed by atoms with E-state index in [4.69, 9.17) is 0 Å². The van der Waals surface area contributed by atoms with Crippen molar-refractivity contribution in [3.05, 3.63) is 38.4 Å². The summed E-state index contributed by atoms with van der Waals surface area (Å²) in [5, 5.41) is 0. The molecular weight excluding hydrogens is 458 g/mol. The molecule has 0 aromatic rings. The van der Waals surface area contributed by atoms with Crippen molar-refractivity contribution in [2.45, 2.75) is 129 Å². The van der Waals surface area contributed by atoms with E-state index in [0.29, 0.717) is 11.8 Å². The number of hydrogen-bond acceptors (Lipinski definition) is 0. The molecule has 0 nitrogen and oxygen atoms in total. The van der Waals surface area contributed by atoms with E-state index >= 15 is 0 Å². The van der Waals surface area contributed by atoms with Crippen LogP contribution in [0.1, 0.15) is 90.9 Å². The van der Waals surface area contributed by atoms with Crippen molar-refractivity contribution >= 4 is 16.1 Å². The Labute approximate surface area is 214 Å². The Morgan fingerprint density at radius 3 is 1.16 bits per heavy atom. The van der Waals surface area contributed by atoms with Crippen molar-refractivity contribution in [1.82, 2.24) is 0 Å². The normalized spacial score (nSPS) is 13.4. The SMILES string of the molecule is C=C[Si](C)(C)CCCCCCC([CH2-])CC.C=C[Si](C)(C)CCCCCCC([CH2-])CC.[Zn+2]. The average molecular weight is 516 g/mol. The molecule has 0 bridgehead atoms. The minimum absolute atomic E-state index is 0. The molecular formula is C28H58Si2Zn. The Morgan fingerprint density at radius 2 is 0.903 bits per heavy atom. The van der Waals surface area contributed by atoms with Crippen molar-refractivity contribution in [1.29, 1.82) is 0 Å². The Balaban J connectivity index is -0.000000490. The molecule has 0 saturated heterocycles. The summed E-state index contributed by atoms with van der Waals surface area (Å²) < 4.78 is 0. The van der Waals surface area contributed by atoms with E-state index in [2.05, 4.69) is 78.4 Å². The van der Waals surface area contributed by atoms with Crippen molar-refractivity contribution in [2.24, 2.45) is 11.8 Å². The van der Waals surface area contributed by atoms with Crippen molar-refractivity contribution in [3.63, 3.8) is 0 Å². The number of rotatable bonds is 18. The summed E-state index contributed by atoms with van der Waals surface area (Å²) in [4.78, 5) is 0. The van der Waals surface area contributed by atoms with Gasteiger partial charge in [-0.25, -0.2) is 0 Å². The maximum atomic E-state index is 4.12. The van der Waals surface area contributed by atoms with Gasteiger partial charge in [0, 0.05) is 0 Å². The third-order valence-electron chi connectivity index (χ3n) is 6.63. The minimum Gasteiger partial charge on any atom is -0.340 e. The fourth-order valence-electron chi connectivity index (χ4n) is 3.35. The van der Waals surface area contributed by atoms with Gasteiger partial charge in [-0.3, -0.25) is 0 Å². The molecule has 0 N–H and O–H groups in total. The first-order valence-electron chi connectivity index (χ1n) is 13.0. The van der Waals surface area contributed by atoms with Gasteiger partial charge >= 0.3 is 19.5 Å². The van der Waals surface area contributed by atoms with Crippen molar-refractivity contribution < 1.29 is 19.5 Å². The second kappa shape index (κ2) is 22.3. The summed E-state index contributed by atoms with van der Waals surface area (Å²) in [6.45, 7) is 30.2. The molecule has 0 aromatic heterocycles. The quantitative estimate of drug-likeness (QED) is 0.0966. The molecule has 0 heterocycles. The first-order valence-corrected chi connectivity index (χ1v) is 19.5. The van der Waals surface area contributed by atoms with Gasteiger partial charge in [0.05, 0.1) is 16.1 Å². The Kier molecular flexibility index (Phi) is 26.0. The van der Waals surface area contributed by atoms with Gasteiger partial charge in [0.1, 0.15) is 0 Å². The van der Waals surface area contributed by atoms with Gasteiger partial charge in [0.15, 0.2) is 0 Å². The van der Waals surface area contributed by atoms with Crippen LogP contribution >= 0.6 is 0 Å². The van der Waals surface area contributed by atoms with E-state index in [9.17, 15) is 0 Å². The summed E-state index contributed by atoms with van der Waals surface area (Å²) in [5.41, 5.74) is 4.44. The van der Waals surface area contributed by atoms with Gasteiger partial charge < -0.3 is 13.8 Å². The van der Waals surface area contributed by atoms with E-state index in [-0.39, 0.29) is 19.5 Å². The summed E-state index contributed by atoms with van der Waals surface area (Å²) in [5.74, 6) is 1.37. The smallest absolute Gasteiger partial charge is 0.340 e. The maximum Gasteiger partial charge on any atom is 2.00 e. The van der Waals surface area contributed by atoms with Crippen LogP contribution in [0.5, 0.6) is 0 Å². The molecule has 3 heteroatoms. The second-order valence-electron chi connectivity index (χ2n) is 10.8. The molecule has 2 unspecified atom stereocenters. The van der Waals surface area contributed by atoms with E-state index in [1.165, 1.54) is 89.1 Å². The van der Waals surface area contributed by atoms with Crippen molar-refractivity contribution in [3.8, 4) is 0 Å². The van der Waals surface area contributed by atoms with Crippen LogP contribution in [-0.4, -0.2) is 16.1 Å². The predicted octanol–water partition coefficient (Wildman–Crippen LogP) is 10.5. The van der Waals surface area contributed by atoms with Crippen molar-refractivity contribution in [2.75, 3.05) is 0 Å². The van der Waals surface area contributed by atoms with Gasteiger partial charge in [0.25, 0.3) is 0 Å². The van der Waals surface area contributed by atoms with E-state index < -0.39 is 16.1 Å². The molecule has 0 spiro atoms. The van der Waals surface area contributed by atoms with E-state index in [1.807, 2.05) is 0 Å². The third-order valence-corrected chi connectivity index (χ3v) is 12.1. The van der Waals surface area contributed by atoms with Gasteiger partial charge in [-0.15, -0.1) is 24.6 Å². The number of hydrogen-bond donors (Lipinski definition) is 0. The number of unbranched alkanes of at least 4 members (excludes halogenated alkanes) is 6. The zero-order chi connectivity index (χ0) is 23.5. The molecule has 0 rings (SSSR count). The first kappa shape index (κ1) is 36.1. The minimum atomic E-state index is -1.01. The van der Waals surface area contributed by atoms with Crippen LogP contribution in [0.15, 0.2) is 24.6 Å². The van der Waals surface area contributed by atoms with Crippen LogP contribution in [0.4, 0.5) is 0 Å². The van der Waals surface area contributed by atoms with Gasteiger partial charge in [-0.05, 0) is 0 Å². The van der Waals surface area contributed by atoms with Crippen LogP contribution in [0, 0.1) is 25.7 Å². The summed E-state index contributed by atoms with van der Waals surface area (Å²) in [6.07, 6.45) is 16.3. The average Bonchev–Trinajstić information content (AvgIpc) is 2.72. The molecule has 180 valence electrons. The molecule has 0 aliphatic rings. The van der Waals surface area contributed by atoms with Crippen LogP contribution in [0.2, 0.25) is 38.3 Å². The molecule has 0 aliphatic heterocycles. The van der Waals surface area contributed by atoms with Crippen LogP contribution < -0.4 is 0 Å². The molecule has 0 aromatic carbocycles. The second-order valence-corrected chi connectivity index (χ2v) is 20.6. The van der Waals surface area contributed by atoms with Crippen LogP contribution in [-0.2, 0) is 19.5 Å². The maximum absolute atomic E-state index is 4.12. The predicted molar refractivity (Wildman–Crippen MR) is 149 cm³/mol. The zero-order valence-corrected chi connectivity index (χ0v) is 27.7. The molecule has 0 aliphatic carbocycles. The fraction of sp³-hybridized carbons (Fsp3) is 0.786.